The second-order valence-corrected chi connectivity index (χ2v) is 4.93. The maximum Gasteiger partial charge on any atom is 0.308 e. The Morgan fingerprint density at radius 3 is 2.42 bits per heavy atom. The molecule has 0 saturated heterocycles. The third-order valence-corrected chi connectivity index (χ3v) is 3.23. The van der Waals surface area contributed by atoms with Gasteiger partial charge in [-0.3, -0.25) is 9.59 Å². The smallest absolute Gasteiger partial charge is 0.308 e. The zero-order valence-electron chi connectivity index (χ0n) is 10.7. The molecule has 1 aromatic rings. The molecule has 1 aliphatic carbocycles. The molecular formula is C14H16FNO3. The molecule has 102 valence electrons. The average Bonchev–Trinajstić information content (AvgIpc) is 3.19. The van der Waals surface area contributed by atoms with Gasteiger partial charge in [-0.15, -0.1) is 0 Å². The van der Waals surface area contributed by atoms with Gasteiger partial charge in [-0.25, -0.2) is 4.39 Å². The number of hydrogen-bond acceptors (Lipinski definition) is 2. The molecule has 1 N–H and O–H groups in total. The van der Waals surface area contributed by atoms with Gasteiger partial charge in [0.2, 0.25) is 0 Å². The molecule has 1 amide bonds. The van der Waals surface area contributed by atoms with E-state index in [1.165, 1.54) is 24.3 Å². The van der Waals surface area contributed by atoms with Crippen LogP contribution >= 0.6 is 0 Å². The van der Waals surface area contributed by atoms with E-state index in [0.717, 1.165) is 12.8 Å². The SMILES string of the molecule is C[C@@H](CN(C(=O)c1ccc(F)cc1)C1CC1)C(=O)O. The van der Waals surface area contributed by atoms with Crippen LogP contribution < -0.4 is 0 Å². The van der Waals surface area contributed by atoms with Crippen molar-refractivity contribution in [1.29, 1.82) is 0 Å². The van der Waals surface area contributed by atoms with E-state index in [-0.39, 0.29) is 18.5 Å². The summed E-state index contributed by atoms with van der Waals surface area (Å²) in [5, 5.41) is 8.93. The van der Waals surface area contributed by atoms with Crippen molar-refractivity contribution in [2.45, 2.75) is 25.8 Å². The van der Waals surface area contributed by atoms with E-state index in [1.54, 1.807) is 11.8 Å². The number of hydrogen-bond donors (Lipinski definition) is 1. The van der Waals surface area contributed by atoms with E-state index in [0.29, 0.717) is 5.56 Å². The van der Waals surface area contributed by atoms with Crippen molar-refractivity contribution >= 4 is 11.9 Å². The highest BCUT2D eigenvalue weighted by Crippen LogP contribution is 2.29. The Kier molecular flexibility index (Phi) is 3.83. The van der Waals surface area contributed by atoms with E-state index in [1.807, 2.05) is 0 Å². The van der Waals surface area contributed by atoms with E-state index in [9.17, 15) is 14.0 Å². The predicted molar refractivity (Wildman–Crippen MR) is 67.3 cm³/mol. The molecule has 1 atom stereocenters. The van der Waals surface area contributed by atoms with Crippen LogP contribution in [0.5, 0.6) is 0 Å². The normalized spacial score (nSPS) is 15.9. The number of carbonyl (C=O) groups is 2. The lowest BCUT2D eigenvalue weighted by Gasteiger charge is -2.24. The monoisotopic (exact) mass is 265 g/mol. The third kappa shape index (κ3) is 3.30. The second kappa shape index (κ2) is 5.38. The highest BCUT2D eigenvalue weighted by molar-refractivity contribution is 5.94. The molecule has 0 radical (unpaired) electrons. The molecule has 1 fully saturated rings. The predicted octanol–water partition coefficient (Wildman–Crippen LogP) is 2.15. The number of aliphatic carboxylic acids is 1. The van der Waals surface area contributed by atoms with Crippen LogP contribution in [0.15, 0.2) is 24.3 Å². The van der Waals surface area contributed by atoms with Crippen molar-refractivity contribution in [3.8, 4) is 0 Å². The fraction of sp³-hybridized carbons (Fsp3) is 0.429. The highest BCUT2D eigenvalue weighted by Gasteiger charge is 2.34. The summed E-state index contributed by atoms with van der Waals surface area (Å²) in [6.45, 7) is 1.77. The summed E-state index contributed by atoms with van der Waals surface area (Å²) >= 11 is 0. The van der Waals surface area contributed by atoms with Crippen molar-refractivity contribution in [2.24, 2.45) is 5.92 Å². The van der Waals surface area contributed by atoms with E-state index in [4.69, 9.17) is 5.11 Å². The summed E-state index contributed by atoms with van der Waals surface area (Å²) in [5.41, 5.74) is 0.394. The average molecular weight is 265 g/mol. The first-order valence-electron chi connectivity index (χ1n) is 6.28. The van der Waals surface area contributed by atoms with Crippen LogP contribution in [-0.2, 0) is 4.79 Å². The lowest BCUT2D eigenvalue weighted by atomic mass is 10.1. The molecule has 0 aromatic heterocycles. The maximum atomic E-state index is 12.8. The standard InChI is InChI=1S/C14H16FNO3/c1-9(14(18)19)8-16(12-6-7-12)13(17)10-2-4-11(15)5-3-10/h2-5,9,12H,6-8H2,1H3,(H,18,19)/t9-/m0/s1. The first-order chi connectivity index (χ1) is 8.99. The van der Waals surface area contributed by atoms with Crippen LogP contribution in [0.25, 0.3) is 0 Å². The Morgan fingerprint density at radius 2 is 1.95 bits per heavy atom. The Labute approximate surface area is 110 Å². The molecule has 0 bridgehead atoms. The molecule has 0 heterocycles. The topological polar surface area (TPSA) is 57.6 Å². The number of amides is 1. The Balaban J connectivity index is 2.12. The quantitative estimate of drug-likeness (QED) is 0.887. The lowest BCUT2D eigenvalue weighted by molar-refractivity contribution is -0.141. The highest BCUT2D eigenvalue weighted by atomic mass is 19.1. The Hall–Kier alpha value is -1.91. The molecular weight excluding hydrogens is 249 g/mol. The van der Waals surface area contributed by atoms with Crippen molar-refractivity contribution < 1.29 is 19.1 Å². The number of carboxylic acids is 1. The number of rotatable bonds is 5. The van der Waals surface area contributed by atoms with Crippen molar-refractivity contribution in [1.82, 2.24) is 4.90 Å². The number of halogens is 1. The minimum atomic E-state index is -0.919. The van der Waals surface area contributed by atoms with Crippen LogP contribution in [0.4, 0.5) is 4.39 Å². The van der Waals surface area contributed by atoms with Crippen LogP contribution in [0.3, 0.4) is 0 Å². The molecule has 4 nitrogen and oxygen atoms in total. The summed E-state index contributed by atoms with van der Waals surface area (Å²) in [6, 6.07) is 5.45. The number of carboxylic acid groups (broad SMARTS) is 1. The second-order valence-electron chi connectivity index (χ2n) is 4.93. The summed E-state index contributed by atoms with van der Waals surface area (Å²) in [6.07, 6.45) is 1.80. The fourth-order valence-corrected chi connectivity index (χ4v) is 1.92. The summed E-state index contributed by atoms with van der Waals surface area (Å²) in [7, 11) is 0. The summed E-state index contributed by atoms with van der Waals surface area (Å²) in [5.74, 6) is -2.15. The van der Waals surface area contributed by atoms with Gasteiger partial charge in [0.05, 0.1) is 5.92 Å². The molecule has 1 aliphatic rings. The minimum absolute atomic E-state index is 0.124. The van der Waals surface area contributed by atoms with Crippen molar-refractivity contribution in [3.05, 3.63) is 35.6 Å². The zero-order valence-corrected chi connectivity index (χ0v) is 10.7. The van der Waals surface area contributed by atoms with E-state index < -0.39 is 17.7 Å². The van der Waals surface area contributed by atoms with Gasteiger partial charge in [0.1, 0.15) is 5.82 Å². The lowest BCUT2D eigenvalue weighted by Crippen LogP contribution is -2.38. The molecule has 1 aromatic carbocycles. The van der Waals surface area contributed by atoms with Gasteiger partial charge >= 0.3 is 5.97 Å². The molecule has 5 heteroatoms. The fourth-order valence-electron chi connectivity index (χ4n) is 1.92. The molecule has 2 rings (SSSR count). The largest absolute Gasteiger partial charge is 0.481 e. The van der Waals surface area contributed by atoms with Gasteiger partial charge in [-0.05, 0) is 37.1 Å². The van der Waals surface area contributed by atoms with Gasteiger partial charge in [0.15, 0.2) is 0 Å². The van der Waals surface area contributed by atoms with E-state index >= 15 is 0 Å². The molecule has 0 unspecified atom stereocenters. The van der Waals surface area contributed by atoms with Gasteiger partial charge < -0.3 is 10.0 Å². The zero-order chi connectivity index (χ0) is 14.0. The molecule has 19 heavy (non-hydrogen) atoms. The number of carbonyl (C=O) groups excluding carboxylic acids is 1. The van der Waals surface area contributed by atoms with Crippen LogP contribution in [0, 0.1) is 11.7 Å². The number of benzene rings is 1. The Morgan fingerprint density at radius 1 is 1.37 bits per heavy atom. The number of nitrogens with zero attached hydrogens (tertiary/aromatic N) is 1. The minimum Gasteiger partial charge on any atom is -0.481 e. The first-order valence-corrected chi connectivity index (χ1v) is 6.28. The van der Waals surface area contributed by atoms with Crippen LogP contribution in [0.1, 0.15) is 30.1 Å². The van der Waals surface area contributed by atoms with Gasteiger partial charge in [0.25, 0.3) is 5.91 Å². The van der Waals surface area contributed by atoms with Crippen molar-refractivity contribution in [2.75, 3.05) is 6.54 Å². The first kappa shape index (κ1) is 13.5. The van der Waals surface area contributed by atoms with Crippen molar-refractivity contribution in [3.63, 3.8) is 0 Å². The van der Waals surface area contributed by atoms with Gasteiger partial charge in [-0.2, -0.15) is 0 Å². The Bertz CT molecular complexity index is 482. The van der Waals surface area contributed by atoms with Gasteiger partial charge in [0, 0.05) is 18.2 Å². The van der Waals surface area contributed by atoms with Gasteiger partial charge in [-0.1, -0.05) is 6.92 Å². The summed E-state index contributed by atoms with van der Waals surface area (Å²) in [4.78, 5) is 24.8. The molecule has 0 aliphatic heterocycles. The maximum absolute atomic E-state index is 12.8. The van der Waals surface area contributed by atoms with Crippen LogP contribution in [0.2, 0.25) is 0 Å². The van der Waals surface area contributed by atoms with Crippen LogP contribution in [-0.4, -0.2) is 34.5 Å². The third-order valence-electron chi connectivity index (χ3n) is 3.23. The molecule has 0 spiro atoms. The summed E-state index contributed by atoms with van der Waals surface area (Å²) < 4.78 is 12.8. The molecule has 1 saturated carbocycles. The van der Waals surface area contributed by atoms with E-state index in [2.05, 4.69) is 0 Å².